The number of amides is 2. The fourth-order valence-electron chi connectivity index (χ4n) is 3.27. The van der Waals surface area contributed by atoms with Gasteiger partial charge in [-0.25, -0.2) is 0 Å². The van der Waals surface area contributed by atoms with Gasteiger partial charge in [-0.15, -0.1) is 10.2 Å². The molecule has 2 N–H and O–H groups in total. The van der Waals surface area contributed by atoms with Crippen LogP contribution in [0, 0.1) is 6.92 Å². The lowest BCUT2D eigenvalue weighted by Gasteiger charge is -2.15. The average Bonchev–Trinajstić information content (AvgIpc) is 3.21. The van der Waals surface area contributed by atoms with Crippen molar-refractivity contribution in [1.29, 1.82) is 0 Å². The van der Waals surface area contributed by atoms with Crippen molar-refractivity contribution in [1.82, 2.24) is 20.1 Å². The summed E-state index contributed by atoms with van der Waals surface area (Å²) >= 11 is 7.01. The molecule has 3 rings (SSSR count). The highest BCUT2D eigenvalue weighted by atomic mass is 35.5. The highest BCUT2D eigenvalue weighted by molar-refractivity contribution is 7.99. The van der Waals surface area contributed by atoms with Crippen LogP contribution in [0.2, 0.25) is 5.02 Å². The number of benzene rings is 2. The standard InChI is InChI=1S/C23H23ClF3N5O2S/c1-4-32-20(14(3)28-21(34)15-7-5-6-13(2)10-15)30-31-22(32)35-12-19(33)29-18-11-16(23(25,26)27)8-9-17(18)24/h5-11,14H,4,12H2,1-3H3,(H,28,34)(H,29,33)/t14-/m1/s1. The zero-order valence-corrected chi connectivity index (χ0v) is 20.7. The Labute approximate surface area is 209 Å². The van der Waals surface area contributed by atoms with E-state index in [-0.39, 0.29) is 22.4 Å². The predicted octanol–water partition coefficient (Wildman–Crippen LogP) is 5.50. The summed E-state index contributed by atoms with van der Waals surface area (Å²) in [6.45, 7) is 6.03. The Morgan fingerprint density at radius 1 is 1.17 bits per heavy atom. The van der Waals surface area contributed by atoms with Crippen molar-refractivity contribution in [2.75, 3.05) is 11.1 Å². The number of hydrogen-bond donors (Lipinski definition) is 2. The number of alkyl halides is 3. The molecule has 0 aliphatic carbocycles. The van der Waals surface area contributed by atoms with E-state index in [4.69, 9.17) is 11.6 Å². The van der Waals surface area contributed by atoms with Crippen LogP contribution in [0.15, 0.2) is 47.6 Å². The first-order chi connectivity index (χ1) is 16.5. The van der Waals surface area contributed by atoms with E-state index in [9.17, 15) is 22.8 Å². The highest BCUT2D eigenvalue weighted by Gasteiger charge is 2.31. The molecule has 7 nitrogen and oxygen atoms in total. The van der Waals surface area contributed by atoms with Crippen molar-refractivity contribution < 1.29 is 22.8 Å². The van der Waals surface area contributed by atoms with Crippen molar-refractivity contribution in [3.63, 3.8) is 0 Å². The maximum atomic E-state index is 12.9. The summed E-state index contributed by atoms with van der Waals surface area (Å²) in [5.41, 5.74) is 0.448. The number of nitrogens with one attached hydrogen (secondary N) is 2. The number of thioether (sulfide) groups is 1. The molecule has 0 radical (unpaired) electrons. The second kappa shape index (κ2) is 11.1. The predicted molar refractivity (Wildman–Crippen MR) is 129 cm³/mol. The minimum Gasteiger partial charge on any atom is -0.342 e. The van der Waals surface area contributed by atoms with E-state index in [0.29, 0.717) is 23.1 Å². The smallest absolute Gasteiger partial charge is 0.342 e. The number of aryl methyl sites for hydroxylation is 1. The van der Waals surface area contributed by atoms with E-state index >= 15 is 0 Å². The van der Waals surface area contributed by atoms with Crippen LogP contribution >= 0.6 is 23.4 Å². The van der Waals surface area contributed by atoms with Crippen LogP contribution in [0.4, 0.5) is 18.9 Å². The first-order valence-corrected chi connectivity index (χ1v) is 12.0. The normalized spacial score (nSPS) is 12.3. The van der Waals surface area contributed by atoms with Crippen LogP contribution in [-0.2, 0) is 17.5 Å². The highest BCUT2D eigenvalue weighted by Crippen LogP contribution is 2.34. The van der Waals surface area contributed by atoms with Crippen LogP contribution < -0.4 is 10.6 Å². The summed E-state index contributed by atoms with van der Waals surface area (Å²) in [4.78, 5) is 25.0. The van der Waals surface area contributed by atoms with Gasteiger partial charge >= 0.3 is 6.18 Å². The van der Waals surface area contributed by atoms with Gasteiger partial charge in [0.05, 0.1) is 28.1 Å². The van der Waals surface area contributed by atoms with Gasteiger partial charge in [0.25, 0.3) is 5.91 Å². The molecular formula is C23H23ClF3N5O2S. The molecule has 0 saturated carbocycles. The number of hydrogen-bond acceptors (Lipinski definition) is 5. The number of anilines is 1. The summed E-state index contributed by atoms with van der Waals surface area (Å²) < 4.78 is 40.6. The number of carbonyl (C=O) groups excluding carboxylic acids is 2. The maximum Gasteiger partial charge on any atom is 0.416 e. The molecule has 2 aromatic carbocycles. The Hall–Kier alpha value is -3.05. The Balaban J connectivity index is 1.65. The van der Waals surface area contributed by atoms with Crippen molar-refractivity contribution in [2.24, 2.45) is 0 Å². The quantitative estimate of drug-likeness (QED) is 0.379. The van der Waals surface area contributed by atoms with Gasteiger partial charge in [0.15, 0.2) is 11.0 Å². The molecular weight excluding hydrogens is 503 g/mol. The van der Waals surface area contributed by atoms with Gasteiger partial charge in [-0.1, -0.05) is 41.1 Å². The van der Waals surface area contributed by atoms with Gasteiger partial charge in [-0.2, -0.15) is 13.2 Å². The third-order valence-corrected chi connectivity index (χ3v) is 6.27. The molecule has 3 aromatic rings. The Kier molecular flexibility index (Phi) is 8.44. The van der Waals surface area contributed by atoms with E-state index in [1.54, 1.807) is 29.7 Å². The molecule has 186 valence electrons. The second-order valence-corrected chi connectivity index (χ2v) is 9.03. The number of rotatable bonds is 8. The summed E-state index contributed by atoms with van der Waals surface area (Å²) in [6.07, 6.45) is -4.56. The number of halogens is 4. The molecule has 1 heterocycles. The lowest BCUT2D eigenvalue weighted by Crippen LogP contribution is -2.28. The number of nitrogens with zero attached hydrogens (tertiary/aromatic N) is 3. The van der Waals surface area contributed by atoms with Gasteiger partial charge in [0.1, 0.15) is 0 Å². The van der Waals surface area contributed by atoms with E-state index in [1.807, 2.05) is 19.9 Å². The fraction of sp³-hybridized carbons (Fsp3) is 0.304. The Morgan fingerprint density at radius 2 is 1.91 bits per heavy atom. The Bertz CT molecular complexity index is 1230. The molecule has 2 amide bonds. The molecule has 1 aromatic heterocycles. The molecule has 1 atom stereocenters. The third kappa shape index (κ3) is 6.76. The zero-order chi connectivity index (χ0) is 25.8. The summed E-state index contributed by atoms with van der Waals surface area (Å²) in [6, 6.07) is 9.46. The van der Waals surface area contributed by atoms with Crippen molar-refractivity contribution in [3.8, 4) is 0 Å². The lowest BCUT2D eigenvalue weighted by atomic mass is 10.1. The SMILES string of the molecule is CCn1c(SCC(=O)Nc2cc(C(F)(F)F)ccc2Cl)nnc1[C@@H](C)NC(=O)c1cccc(C)c1. The van der Waals surface area contributed by atoms with E-state index in [1.165, 1.54) is 0 Å². The van der Waals surface area contributed by atoms with Crippen LogP contribution in [0.3, 0.4) is 0 Å². The average molecular weight is 526 g/mol. The Morgan fingerprint density at radius 3 is 2.57 bits per heavy atom. The molecule has 12 heteroatoms. The summed E-state index contributed by atoms with van der Waals surface area (Å²) in [7, 11) is 0. The summed E-state index contributed by atoms with van der Waals surface area (Å²) in [5.74, 6) is -0.422. The molecule has 0 fully saturated rings. The van der Waals surface area contributed by atoms with Crippen LogP contribution in [-0.4, -0.2) is 32.3 Å². The molecule has 0 saturated heterocycles. The summed E-state index contributed by atoms with van der Waals surface area (Å²) in [5, 5.41) is 14.0. The number of carbonyl (C=O) groups is 2. The first-order valence-electron chi connectivity index (χ1n) is 10.6. The number of aromatic nitrogens is 3. The molecule has 0 bridgehead atoms. The topological polar surface area (TPSA) is 88.9 Å². The van der Waals surface area contributed by atoms with E-state index in [2.05, 4.69) is 20.8 Å². The molecule has 0 aliphatic rings. The third-order valence-electron chi connectivity index (χ3n) is 4.98. The van der Waals surface area contributed by atoms with Crippen molar-refractivity contribution >= 4 is 40.9 Å². The largest absolute Gasteiger partial charge is 0.416 e. The van der Waals surface area contributed by atoms with Gasteiger partial charge in [-0.05, 0) is 51.1 Å². The first kappa shape index (κ1) is 26.6. The maximum absolute atomic E-state index is 12.9. The van der Waals surface area contributed by atoms with Crippen LogP contribution in [0.25, 0.3) is 0 Å². The van der Waals surface area contributed by atoms with Crippen molar-refractivity contribution in [3.05, 3.63) is 70.0 Å². The molecule has 35 heavy (non-hydrogen) atoms. The van der Waals surface area contributed by atoms with E-state index in [0.717, 1.165) is 35.5 Å². The monoisotopic (exact) mass is 525 g/mol. The minimum atomic E-state index is -4.56. The van der Waals surface area contributed by atoms with Crippen LogP contribution in [0.5, 0.6) is 0 Å². The van der Waals surface area contributed by atoms with E-state index < -0.39 is 23.7 Å². The molecule has 0 aliphatic heterocycles. The van der Waals surface area contributed by atoms with Gasteiger partial charge in [-0.3, -0.25) is 9.59 Å². The second-order valence-electron chi connectivity index (χ2n) is 7.68. The van der Waals surface area contributed by atoms with Crippen molar-refractivity contribution in [2.45, 2.75) is 44.7 Å². The van der Waals surface area contributed by atoms with Gasteiger partial charge < -0.3 is 15.2 Å². The van der Waals surface area contributed by atoms with Gasteiger partial charge in [0, 0.05) is 12.1 Å². The fourth-order valence-corrected chi connectivity index (χ4v) is 4.24. The molecule has 0 spiro atoms. The lowest BCUT2D eigenvalue weighted by molar-refractivity contribution is -0.137. The van der Waals surface area contributed by atoms with Crippen LogP contribution in [0.1, 0.15) is 47.2 Å². The zero-order valence-electron chi connectivity index (χ0n) is 19.1. The van der Waals surface area contributed by atoms with Gasteiger partial charge in [0.2, 0.25) is 5.91 Å². The molecule has 0 unspecified atom stereocenters. The minimum absolute atomic E-state index is 0.00598.